The van der Waals surface area contributed by atoms with Gasteiger partial charge in [0.1, 0.15) is 0 Å². The average molecular weight is 374 g/mol. The molecule has 2 aromatic carbocycles. The topological polar surface area (TPSA) is 93.7 Å². The zero-order valence-electron chi connectivity index (χ0n) is 14.1. The van der Waals surface area contributed by atoms with E-state index in [1.54, 1.807) is 31.2 Å². The summed E-state index contributed by atoms with van der Waals surface area (Å²) in [4.78, 5) is 11.6. The molecule has 0 aliphatic carbocycles. The number of ether oxygens (including phenoxy) is 2. The Morgan fingerprint density at radius 2 is 1.88 bits per heavy atom. The van der Waals surface area contributed by atoms with Gasteiger partial charge in [0, 0.05) is 18.2 Å². The minimum atomic E-state index is -3.70. The van der Waals surface area contributed by atoms with Crippen molar-refractivity contribution in [1.29, 1.82) is 0 Å². The molecule has 8 heteroatoms. The van der Waals surface area contributed by atoms with E-state index in [4.69, 9.17) is 9.47 Å². The minimum absolute atomic E-state index is 0.0531. The van der Waals surface area contributed by atoms with Crippen LogP contribution in [0.2, 0.25) is 0 Å². The largest absolute Gasteiger partial charge is 0.454 e. The number of carbonyl (C=O) groups is 1. The molecule has 0 saturated carbocycles. The highest BCUT2D eigenvalue weighted by atomic mass is 32.2. The molecule has 1 amide bonds. The van der Waals surface area contributed by atoms with E-state index in [0.717, 1.165) is 11.1 Å². The summed E-state index contributed by atoms with van der Waals surface area (Å²) in [5, 5.41) is 2.75. The quantitative estimate of drug-likeness (QED) is 0.857. The standard InChI is InChI=1S/C18H18N2O5S/c1-11(12-2-6-16-17(9-12)25-10-24-16)20-26(22,23)14-4-5-15-13(8-14)3-7-18(21)19-15/h2,4-6,8-9,11,20H,3,7,10H2,1H3,(H,19,21)/t11-/m0/s1. The summed E-state index contributed by atoms with van der Waals surface area (Å²) >= 11 is 0. The third-order valence-electron chi connectivity index (χ3n) is 4.51. The van der Waals surface area contributed by atoms with Crippen molar-refractivity contribution in [2.75, 3.05) is 12.1 Å². The number of carbonyl (C=O) groups excluding carboxylic acids is 1. The van der Waals surface area contributed by atoms with E-state index in [1.807, 2.05) is 6.07 Å². The summed E-state index contributed by atoms with van der Waals surface area (Å²) in [6, 6.07) is 9.66. The molecule has 0 radical (unpaired) electrons. The third kappa shape index (κ3) is 3.13. The lowest BCUT2D eigenvalue weighted by Crippen LogP contribution is -2.27. The Hall–Kier alpha value is -2.58. The maximum atomic E-state index is 12.7. The van der Waals surface area contributed by atoms with Crippen LogP contribution in [0, 0.1) is 0 Å². The van der Waals surface area contributed by atoms with Crippen molar-refractivity contribution in [2.24, 2.45) is 0 Å². The number of anilines is 1. The number of nitrogens with one attached hydrogen (secondary N) is 2. The molecule has 0 aromatic heterocycles. The maximum Gasteiger partial charge on any atom is 0.241 e. The Morgan fingerprint density at radius 1 is 1.08 bits per heavy atom. The van der Waals surface area contributed by atoms with Gasteiger partial charge in [-0.2, -0.15) is 0 Å². The van der Waals surface area contributed by atoms with Crippen LogP contribution in [0.3, 0.4) is 0 Å². The van der Waals surface area contributed by atoms with Crippen LogP contribution in [-0.4, -0.2) is 21.1 Å². The first-order valence-corrected chi connectivity index (χ1v) is 9.75. The molecule has 0 fully saturated rings. The van der Waals surface area contributed by atoms with Crippen molar-refractivity contribution in [2.45, 2.75) is 30.7 Å². The fourth-order valence-electron chi connectivity index (χ4n) is 3.08. The Labute approximate surface area is 151 Å². The van der Waals surface area contributed by atoms with E-state index in [2.05, 4.69) is 10.0 Å². The molecule has 7 nitrogen and oxygen atoms in total. The molecular formula is C18H18N2O5S. The van der Waals surface area contributed by atoms with Crippen molar-refractivity contribution in [1.82, 2.24) is 4.72 Å². The van der Waals surface area contributed by atoms with Crippen LogP contribution in [0.4, 0.5) is 5.69 Å². The van der Waals surface area contributed by atoms with E-state index >= 15 is 0 Å². The highest BCUT2D eigenvalue weighted by Crippen LogP contribution is 2.34. The molecular weight excluding hydrogens is 356 g/mol. The highest BCUT2D eigenvalue weighted by molar-refractivity contribution is 7.89. The van der Waals surface area contributed by atoms with Gasteiger partial charge in [0.25, 0.3) is 0 Å². The number of benzene rings is 2. The summed E-state index contributed by atoms with van der Waals surface area (Å²) in [6.07, 6.45) is 0.889. The van der Waals surface area contributed by atoms with Crippen molar-refractivity contribution in [3.8, 4) is 11.5 Å². The normalized spacial score (nSPS) is 16.7. The van der Waals surface area contributed by atoms with Crippen molar-refractivity contribution < 1.29 is 22.7 Å². The number of fused-ring (bicyclic) bond motifs is 2. The summed E-state index contributed by atoms with van der Waals surface area (Å²) in [7, 11) is -3.70. The number of hydrogen-bond acceptors (Lipinski definition) is 5. The molecule has 1 atom stereocenters. The Kier molecular flexibility index (Phi) is 4.08. The molecule has 2 aromatic rings. The van der Waals surface area contributed by atoms with Crippen LogP contribution in [0.15, 0.2) is 41.3 Å². The van der Waals surface area contributed by atoms with Gasteiger partial charge < -0.3 is 14.8 Å². The van der Waals surface area contributed by atoms with Crippen LogP contribution in [0.25, 0.3) is 0 Å². The number of aryl methyl sites for hydroxylation is 1. The first-order chi connectivity index (χ1) is 12.4. The first-order valence-electron chi connectivity index (χ1n) is 8.27. The molecule has 2 aliphatic rings. The van der Waals surface area contributed by atoms with Gasteiger partial charge >= 0.3 is 0 Å². The van der Waals surface area contributed by atoms with E-state index in [-0.39, 0.29) is 17.6 Å². The van der Waals surface area contributed by atoms with Crippen LogP contribution in [0.5, 0.6) is 11.5 Å². The van der Waals surface area contributed by atoms with Gasteiger partial charge in [-0.25, -0.2) is 13.1 Å². The second-order valence-electron chi connectivity index (χ2n) is 6.32. The highest BCUT2D eigenvalue weighted by Gasteiger charge is 2.23. The number of rotatable bonds is 4. The molecule has 136 valence electrons. The summed E-state index contributed by atoms with van der Waals surface area (Å²) in [6.45, 7) is 1.94. The Balaban J connectivity index is 1.56. The molecule has 0 saturated heterocycles. The second-order valence-corrected chi connectivity index (χ2v) is 8.04. The van der Waals surface area contributed by atoms with Gasteiger partial charge in [-0.05, 0) is 54.8 Å². The molecule has 0 spiro atoms. The van der Waals surface area contributed by atoms with Crippen LogP contribution < -0.4 is 19.5 Å². The Morgan fingerprint density at radius 3 is 2.73 bits per heavy atom. The smallest absolute Gasteiger partial charge is 0.241 e. The van der Waals surface area contributed by atoms with E-state index in [9.17, 15) is 13.2 Å². The average Bonchev–Trinajstić information content (AvgIpc) is 3.08. The van der Waals surface area contributed by atoms with Crippen LogP contribution in [-0.2, 0) is 21.2 Å². The summed E-state index contributed by atoms with van der Waals surface area (Å²) in [5.74, 6) is 1.21. The second kappa shape index (κ2) is 6.30. The van der Waals surface area contributed by atoms with E-state index in [0.29, 0.717) is 30.0 Å². The van der Waals surface area contributed by atoms with Crippen molar-refractivity contribution in [3.63, 3.8) is 0 Å². The minimum Gasteiger partial charge on any atom is -0.454 e. The van der Waals surface area contributed by atoms with Gasteiger partial charge in [0.05, 0.1) is 4.90 Å². The fourth-order valence-corrected chi connectivity index (χ4v) is 4.36. The van der Waals surface area contributed by atoms with E-state index in [1.165, 1.54) is 6.07 Å². The van der Waals surface area contributed by atoms with E-state index < -0.39 is 16.1 Å². The van der Waals surface area contributed by atoms with Gasteiger partial charge in [0.15, 0.2) is 11.5 Å². The zero-order valence-corrected chi connectivity index (χ0v) is 14.9. The summed E-state index contributed by atoms with van der Waals surface area (Å²) < 4.78 is 38.8. The van der Waals surface area contributed by atoms with Crippen molar-refractivity contribution in [3.05, 3.63) is 47.5 Å². The fraction of sp³-hybridized carbons (Fsp3) is 0.278. The van der Waals surface area contributed by atoms with Crippen LogP contribution in [0.1, 0.15) is 30.5 Å². The van der Waals surface area contributed by atoms with Crippen LogP contribution >= 0.6 is 0 Å². The lowest BCUT2D eigenvalue weighted by Gasteiger charge is -2.19. The Bertz CT molecular complexity index is 987. The lowest BCUT2D eigenvalue weighted by atomic mass is 10.0. The predicted octanol–water partition coefficient (Wildman–Crippen LogP) is 2.34. The number of amides is 1. The van der Waals surface area contributed by atoms with Gasteiger partial charge in [-0.1, -0.05) is 6.07 Å². The predicted molar refractivity (Wildman–Crippen MR) is 94.7 cm³/mol. The SMILES string of the molecule is C[C@H](NS(=O)(=O)c1ccc2c(c1)CCC(=O)N2)c1ccc2c(c1)OCO2. The monoisotopic (exact) mass is 374 g/mol. The van der Waals surface area contributed by atoms with Gasteiger partial charge in [0.2, 0.25) is 22.7 Å². The van der Waals surface area contributed by atoms with Gasteiger partial charge in [-0.15, -0.1) is 0 Å². The zero-order chi connectivity index (χ0) is 18.3. The first kappa shape index (κ1) is 16.9. The molecule has 0 bridgehead atoms. The molecule has 2 N–H and O–H groups in total. The number of sulfonamides is 1. The molecule has 4 rings (SSSR count). The molecule has 26 heavy (non-hydrogen) atoms. The van der Waals surface area contributed by atoms with Crippen molar-refractivity contribution >= 4 is 21.6 Å². The summed E-state index contributed by atoms with van der Waals surface area (Å²) in [5.41, 5.74) is 2.27. The molecule has 2 aliphatic heterocycles. The third-order valence-corrected chi connectivity index (χ3v) is 6.05. The molecule has 2 heterocycles. The molecule has 0 unspecified atom stereocenters. The van der Waals surface area contributed by atoms with Gasteiger partial charge in [-0.3, -0.25) is 4.79 Å². The lowest BCUT2D eigenvalue weighted by molar-refractivity contribution is -0.116. The maximum absolute atomic E-state index is 12.7. The number of hydrogen-bond donors (Lipinski definition) is 2.